The fourth-order valence-electron chi connectivity index (χ4n) is 2.25. The van der Waals surface area contributed by atoms with E-state index in [4.69, 9.17) is 23.5 Å². The second-order valence-electron chi connectivity index (χ2n) is 5.08. The summed E-state index contributed by atoms with van der Waals surface area (Å²) in [6.07, 6.45) is -4.03. The first kappa shape index (κ1) is 17.9. The van der Waals surface area contributed by atoms with E-state index in [1.807, 2.05) is 6.92 Å². The molecule has 0 N–H and O–H groups in total. The smallest absolute Gasteiger partial charge is 0.305 e. The monoisotopic (exact) mass is 342 g/mol. The second-order valence-corrected chi connectivity index (χ2v) is 5.08. The van der Waals surface area contributed by atoms with E-state index in [0.29, 0.717) is 12.2 Å². The van der Waals surface area contributed by atoms with Gasteiger partial charge in [0.05, 0.1) is 0 Å². The zero-order chi connectivity index (χ0) is 17.9. The van der Waals surface area contributed by atoms with Crippen molar-refractivity contribution in [1.82, 2.24) is 10.1 Å². The molecule has 1 saturated heterocycles. The highest BCUT2D eigenvalue weighted by Crippen LogP contribution is 2.37. The fraction of sp³-hybridized carbons (Fsp3) is 0.643. The normalized spacial score (nSPS) is 26.0. The van der Waals surface area contributed by atoms with Crippen molar-refractivity contribution in [2.75, 3.05) is 0 Å². The van der Waals surface area contributed by atoms with Gasteiger partial charge < -0.3 is 23.5 Å². The molecule has 10 heteroatoms. The largest absolute Gasteiger partial charge is 0.455 e. The van der Waals surface area contributed by atoms with Gasteiger partial charge in [-0.05, 0) is 0 Å². The molecule has 2 heterocycles. The molecule has 4 atom stereocenters. The van der Waals surface area contributed by atoms with Gasteiger partial charge in [-0.1, -0.05) is 12.1 Å². The van der Waals surface area contributed by atoms with E-state index in [9.17, 15) is 14.4 Å². The Hall–Kier alpha value is -2.49. The number of aryl methyl sites for hydroxylation is 1. The molecule has 1 fully saturated rings. The molecule has 1 aliphatic rings. The first-order chi connectivity index (χ1) is 11.3. The summed E-state index contributed by atoms with van der Waals surface area (Å²) in [5, 5.41) is 3.74. The van der Waals surface area contributed by atoms with Crippen LogP contribution < -0.4 is 0 Å². The third-order valence-corrected chi connectivity index (χ3v) is 3.10. The number of aromatic nitrogens is 2. The minimum absolute atomic E-state index is 0.0323. The van der Waals surface area contributed by atoms with Gasteiger partial charge in [0, 0.05) is 27.2 Å². The Morgan fingerprint density at radius 3 is 2.08 bits per heavy atom. The lowest BCUT2D eigenvalue weighted by Gasteiger charge is -2.21. The topological polar surface area (TPSA) is 127 Å². The maximum absolute atomic E-state index is 11.4. The molecule has 1 aromatic heterocycles. The Bertz CT molecular complexity index is 628. The summed E-state index contributed by atoms with van der Waals surface area (Å²) < 4.78 is 26.0. The SMILES string of the molecule is CCc1noc([C@H]2O[C@@H](OC(C)=O)[C@H](OC(C)=O)[C@@H]2OC(C)=O)n1. The van der Waals surface area contributed by atoms with Crippen LogP contribution in [-0.2, 0) is 39.8 Å². The molecule has 1 aromatic rings. The Morgan fingerprint density at radius 2 is 1.58 bits per heavy atom. The van der Waals surface area contributed by atoms with Crippen LogP contribution in [0.1, 0.15) is 45.5 Å². The molecule has 1 aliphatic heterocycles. The van der Waals surface area contributed by atoms with Crippen molar-refractivity contribution >= 4 is 17.9 Å². The summed E-state index contributed by atoms with van der Waals surface area (Å²) in [5.74, 6) is -1.48. The number of esters is 3. The number of carbonyl (C=O) groups is 3. The van der Waals surface area contributed by atoms with Crippen molar-refractivity contribution in [2.45, 2.75) is 58.7 Å². The van der Waals surface area contributed by atoms with Crippen molar-refractivity contribution in [1.29, 1.82) is 0 Å². The molecule has 0 aromatic carbocycles. The summed E-state index contributed by atoms with van der Waals surface area (Å²) >= 11 is 0. The average molecular weight is 342 g/mol. The van der Waals surface area contributed by atoms with Crippen LogP contribution in [0.2, 0.25) is 0 Å². The second kappa shape index (κ2) is 7.39. The van der Waals surface area contributed by atoms with Crippen LogP contribution >= 0.6 is 0 Å². The standard InChI is InChI=1S/C14H18N2O8/c1-5-9-15-13(24-16-9)11-10(20-6(2)17)12(21-7(3)18)14(23-11)22-8(4)19/h10-12,14H,5H2,1-4H3/t10-,11+,12-,14-/m1/s1. The van der Waals surface area contributed by atoms with Crippen molar-refractivity contribution in [3.05, 3.63) is 11.7 Å². The molecule has 0 aliphatic carbocycles. The van der Waals surface area contributed by atoms with Gasteiger partial charge in [-0.3, -0.25) is 14.4 Å². The van der Waals surface area contributed by atoms with Crippen molar-refractivity contribution in [2.24, 2.45) is 0 Å². The summed E-state index contributed by atoms with van der Waals surface area (Å²) in [5.41, 5.74) is 0. The van der Waals surface area contributed by atoms with E-state index >= 15 is 0 Å². The quantitative estimate of drug-likeness (QED) is 0.549. The zero-order valence-electron chi connectivity index (χ0n) is 13.7. The van der Waals surface area contributed by atoms with E-state index < -0.39 is 42.5 Å². The maximum atomic E-state index is 11.4. The first-order valence-electron chi connectivity index (χ1n) is 7.31. The minimum atomic E-state index is -1.27. The van der Waals surface area contributed by atoms with Crippen molar-refractivity contribution < 1.29 is 37.9 Å². The van der Waals surface area contributed by atoms with Gasteiger partial charge in [0.25, 0.3) is 5.89 Å². The van der Waals surface area contributed by atoms with Crippen molar-refractivity contribution in [3.8, 4) is 0 Å². The highest BCUT2D eigenvalue weighted by atomic mass is 16.7. The summed E-state index contributed by atoms with van der Waals surface area (Å²) in [7, 11) is 0. The van der Waals surface area contributed by atoms with Gasteiger partial charge >= 0.3 is 17.9 Å². The number of rotatable bonds is 5. The van der Waals surface area contributed by atoms with E-state index in [1.54, 1.807) is 0 Å². The Kier molecular flexibility index (Phi) is 5.50. The zero-order valence-corrected chi connectivity index (χ0v) is 13.7. The maximum Gasteiger partial charge on any atom is 0.305 e. The van der Waals surface area contributed by atoms with Crippen LogP contribution in [0.5, 0.6) is 0 Å². The molecule has 0 unspecified atom stereocenters. The molecule has 10 nitrogen and oxygen atoms in total. The van der Waals surface area contributed by atoms with E-state index in [2.05, 4.69) is 10.1 Å². The van der Waals surface area contributed by atoms with Crippen LogP contribution in [0.15, 0.2) is 4.52 Å². The molecule has 132 valence electrons. The van der Waals surface area contributed by atoms with Crippen LogP contribution in [0.3, 0.4) is 0 Å². The van der Waals surface area contributed by atoms with Crippen LogP contribution in [0.25, 0.3) is 0 Å². The third-order valence-electron chi connectivity index (χ3n) is 3.10. The molecule has 0 bridgehead atoms. The average Bonchev–Trinajstić information content (AvgIpc) is 3.05. The predicted octanol–water partition coefficient (Wildman–Crippen LogP) is 0.456. The van der Waals surface area contributed by atoms with Gasteiger partial charge in [-0.2, -0.15) is 4.98 Å². The van der Waals surface area contributed by atoms with Gasteiger partial charge in [0.15, 0.2) is 18.0 Å². The molecule has 2 rings (SSSR count). The highest BCUT2D eigenvalue weighted by molar-refractivity contribution is 5.68. The number of carbonyl (C=O) groups excluding carboxylic acids is 3. The molecular weight excluding hydrogens is 324 g/mol. The van der Waals surface area contributed by atoms with E-state index in [-0.39, 0.29) is 5.89 Å². The Morgan fingerprint density at radius 1 is 1.00 bits per heavy atom. The lowest BCUT2D eigenvalue weighted by molar-refractivity contribution is -0.196. The molecular formula is C14H18N2O8. The highest BCUT2D eigenvalue weighted by Gasteiger charge is 2.53. The van der Waals surface area contributed by atoms with E-state index in [0.717, 1.165) is 0 Å². The third kappa shape index (κ3) is 4.07. The number of hydrogen-bond donors (Lipinski definition) is 0. The molecule has 0 saturated carbocycles. The Balaban J connectivity index is 2.34. The number of nitrogens with zero attached hydrogens (tertiary/aromatic N) is 2. The lowest BCUT2D eigenvalue weighted by Crippen LogP contribution is -2.39. The van der Waals surface area contributed by atoms with Crippen molar-refractivity contribution in [3.63, 3.8) is 0 Å². The molecule has 0 radical (unpaired) electrons. The summed E-state index contributed by atoms with van der Waals surface area (Å²) in [4.78, 5) is 38.1. The lowest BCUT2D eigenvalue weighted by atomic mass is 10.1. The fourth-order valence-corrected chi connectivity index (χ4v) is 2.25. The Labute approximate surface area is 137 Å². The molecule has 24 heavy (non-hydrogen) atoms. The number of hydrogen-bond acceptors (Lipinski definition) is 10. The van der Waals surface area contributed by atoms with Gasteiger partial charge in [0.1, 0.15) is 0 Å². The van der Waals surface area contributed by atoms with Gasteiger partial charge in [-0.15, -0.1) is 0 Å². The van der Waals surface area contributed by atoms with Crippen LogP contribution in [0.4, 0.5) is 0 Å². The molecule has 0 amide bonds. The summed E-state index contributed by atoms with van der Waals surface area (Å²) in [6.45, 7) is 5.36. The summed E-state index contributed by atoms with van der Waals surface area (Å²) in [6, 6.07) is 0. The van der Waals surface area contributed by atoms with Crippen LogP contribution in [-0.4, -0.2) is 46.5 Å². The predicted molar refractivity (Wildman–Crippen MR) is 74.2 cm³/mol. The molecule has 0 spiro atoms. The van der Waals surface area contributed by atoms with Gasteiger partial charge in [-0.25, -0.2) is 0 Å². The first-order valence-corrected chi connectivity index (χ1v) is 7.31. The van der Waals surface area contributed by atoms with Crippen LogP contribution in [0, 0.1) is 0 Å². The number of ether oxygens (including phenoxy) is 4. The minimum Gasteiger partial charge on any atom is -0.455 e. The van der Waals surface area contributed by atoms with Gasteiger partial charge in [0.2, 0.25) is 12.4 Å². The van der Waals surface area contributed by atoms with E-state index in [1.165, 1.54) is 20.8 Å².